The summed E-state index contributed by atoms with van der Waals surface area (Å²) in [6.45, 7) is 7.28. The van der Waals surface area contributed by atoms with Crippen LogP contribution in [-0.4, -0.2) is 30.6 Å². The zero-order valence-electron chi connectivity index (χ0n) is 11.7. The Labute approximate surface area is 109 Å². The zero-order valence-corrected chi connectivity index (χ0v) is 11.7. The normalized spacial score (nSPS) is 12.7. The lowest BCUT2D eigenvalue weighted by Gasteiger charge is -2.31. The molecule has 0 saturated carbocycles. The molecule has 0 unspecified atom stereocenters. The van der Waals surface area contributed by atoms with E-state index >= 15 is 0 Å². The average molecular weight is 253 g/mol. The van der Waals surface area contributed by atoms with E-state index in [0.717, 1.165) is 5.76 Å². The van der Waals surface area contributed by atoms with Crippen molar-refractivity contribution in [3.63, 3.8) is 0 Å². The van der Waals surface area contributed by atoms with Gasteiger partial charge in [-0.2, -0.15) is 0 Å². The molecule has 102 valence electrons. The van der Waals surface area contributed by atoms with Gasteiger partial charge < -0.3 is 14.1 Å². The molecule has 0 saturated heterocycles. The Hall–Kier alpha value is -1.29. The van der Waals surface area contributed by atoms with Crippen LogP contribution in [-0.2, 0) is 16.1 Å². The molecule has 0 aromatic carbocycles. The largest absolute Gasteiger partial charge is 0.467 e. The highest BCUT2D eigenvalue weighted by molar-refractivity contribution is 5.76. The van der Waals surface area contributed by atoms with E-state index in [-0.39, 0.29) is 11.9 Å². The van der Waals surface area contributed by atoms with E-state index < -0.39 is 0 Å². The maximum Gasteiger partial charge on any atom is 0.225 e. The van der Waals surface area contributed by atoms with Crippen LogP contribution in [0.5, 0.6) is 0 Å². The number of furan rings is 1. The Kier molecular flexibility index (Phi) is 5.92. The van der Waals surface area contributed by atoms with Gasteiger partial charge in [-0.25, -0.2) is 0 Å². The number of nitrogens with zero attached hydrogens (tertiary/aromatic N) is 1. The molecule has 0 N–H and O–H groups in total. The topological polar surface area (TPSA) is 42.7 Å². The summed E-state index contributed by atoms with van der Waals surface area (Å²) in [4.78, 5) is 14.0. The van der Waals surface area contributed by atoms with Gasteiger partial charge in [-0.15, -0.1) is 0 Å². The van der Waals surface area contributed by atoms with Crippen molar-refractivity contribution >= 4 is 5.91 Å². The van der Waals surface area contributed by atoms with E-state index in [1.165, 1.54) is 0 Å². The SMILES string of the molecule is COCCC(=O)N(Cc1ccco1)[C@H](C)C(C)C. The molecule has 0 radical (unpaired) electrons. The van der Waals surface area contributed by atoms with Crippen LogP contribution < -0.4 is 0 Å². The minimum absolute atomic E-state index is 0.106. The molecule has 1 rings (SSSR count). The molecule has 1 amide bonds. The molecule has 0 bridgehead atoms. The highest BCUT2D eigenvalue weighted by atomic mass is 16.5. The summed E-state index contributed by atoms with van der Waals surface area (Å²) in [6, 6.07) is 3.91. The fraction of sp³-hybridized carbons (Fsp3) is 0.643. The Bertz CT molecular complexity index is 346. The third-order valence-electron chi connectivity index (χ3n) is 3.20. The van der Waals surface area contributed by atoms with Gasteiger partial charge >= 0.3 is 0 Å². The Morgan fingerprint density at radius 1 is 1.44 bits per heavy atom. The van der Waals surface area contributed by atoms with Crippen LogP contribution in [0.15, 0.2) is 22.8 Å². The van der Waals surface area contributed by atoms with Gasteiger partial charge in [-0.1, -0.05) is 13.8 Å². The fourth-order valence-corrected chi connectivity index (χ4v) is 1.72. The summed E-state index contributed by atoms with van der Waals surface area (Å²) in [5, 5.41) is 0. The standard InChI is InChI=1S/C14H23NO3/c1-11(2)12(3)15(14(16)7-9-17-4)10-13-6-5-8-18-13/h5-6,8,11-12H,7,9-10H2,1-4H3/t12-/m1/s1. The zero-order chi connectivity index (χ0) is 13.5. The van der Waals surface area contributed by atoms with Crippen LogP contribution in [0, 0.1) is 5.92 Å². The van der Waals surface area contributed by atoms with Gasteiger partial charge in [0.15, 0.2) is 0 Å². The van der Waals surface area contributed by atoms with E-state index in [0.29, 0.717) is 25.5 Å². The number of hydrogen-bond donors (Lipinski definition) is 0. The quantitative estimate of drug-likeness (QED) is 0.750. The smallest absolute Gasteiger partial charge is 0.225 e. The lowest BCUT2D eigenvalue weighted by atomic mass is 10.0. The highest BCUT2D eigenvalue weighted by Gasteiger charge is 2.23. The van der Waals surface area contributed by atoms with Crippen LogP contribution in [0.2, 0.25) is 0 Å². The van der Waals surface area contributed by atoms with Crippen LogP contribution in [0.4, 0.5) is 0 Å². The van der Waals surface area contributed by atoms with Crippen LogP contribution in [0.1, 0.15) is 33.0 Å². The summed E-state index contributed by atoms with van der Waals surface area (Å²) in [7, 11) is 1.61. The molecule has 1 atom stereocenters. The molecular formula is C14H23NO3. The van der Waals surface area contributed by atoms with E-state index in [1.807, 2.05) is 17.0 Å². The molecule has 1 aromatic rings. The van der Waals surface area contributed by atoms with Gasteiger partial charge in [-0.05, 0) is 25.0 Å². The maximum atomic E-state index is 12.2. The maximum absolute atomic E-state index is 12.2. The molecule has 4 nitrogen and oxygen atoms in total. The lowest BCUT2D eigenvalue weighted by molar-refractivity contribution is -0.136. The first kappa shape index (κ1) is 14.8. The minimum atomic E-state index is 0.106. The van der Waals surface area contributed by atoms with E-state index in [1.54, 1.807) is 13.4 Å². The van der Waals surface area contributed by atoms with Gasteiger partial charge in [0, 0.05) is 13.2 Å². The van der Waals surface area contributed by atoms with E-state index in [4.69, 9.17) is 9.15 Å². The molecule has 0 aliphatic rings. The molecule has 18 heavy (non-hydrogen) atoms. The summed E-state index contributed by atoms with van der Waals surface area (Å²) < 4.78 is 10.3. The molecule has 0 fully saturated rings. The number of carbonyl (C=O) groups is 1. The Balaban J connectivity index is 2.71. The molecule has 0 spiro atoms. The van der Waals surface area contributed by atoms with Crippen molar-refractivity contribution in [2.75, 3.05) is 13.7 Å². The van der Waals surface area contributed by atoms with Gasteiger partial charge in [0.2, 0.25) is 5.91 Å². The number of rotatable bonds is 7. The second kappa shape index (κ2) is 7.21. The third kappa shape index (κ3) is 4.18. The van der Waals surface area contributed by atoms with Gasteiger partial charge in [-0.3, -0.25) is 4.79 Å². The molecular weight excluding hydrogens is 230 g/mol. The van der Waals surface area contributed by atoms with Gasteiger partial charge in [0.25, 0.3) is 0 Å². The second-order valence-corrected chi connectivity index (χ2v) is 4.83. The lowest BCUT2D eigenvalue weighted by Crippen LogP contribution is -2.41. The van der Waals surface area contributed by atoms with Crippen molar-refractivity contribution in [2.24, 2.45) is 5.92 Å². The number of methoxy groups -OCH3 is 1. The van der Waals surface area contributed by atoms with E-state index in [2.05, 4.69) is 20.8 Å². The Morgan fingerprint density at radius 2 is 2.17 bits per heavy atom. The molecule has 1 heterocycles. The first-order valence-corrected chi connectivity index (χ1v) is 6.37. The van der Waals surface area contributed by atoms with Crippen molar-refractivity contribution in [2.45, 2.75) is 39.8 Å². The molecule has 0 aliphatic heterocycles. The van der Waals surface area contributed by atoms with E-state index in [9.17, 15) is 4.79 Å². The first-order chi connectivity index (χ1) is 8.56. The van der Waals surface area contributed by atoms with Gasteiger partial charge in [0.05, 0.1) is 25.8 Å². The predicted octanol–water partition coefficient (Wildman–Crippen LogP) is 2.69. The fourth-order valence-electron chi connectivity index (χ4n) is 1.72. The highest BCUT2D eigenvalue weighted by Crippen LogP contribution is 2.16. The van der Waals surface area contributed by atoms with Crippen LogP contribution >= 0.6 is 0 Å². The summed E-state index contributed by atoms with van der Waals surface area (Å²) in [6.07, 6.45) is 2.04. The third-order valence-corrected chi connectivity index (χ3v) is 3.20. The van der Waals surface area contributed by atoms with Crippen molar-refractivity contribution in [3.8, 4) is 0 Å². The monoisotopic (exact) mass is 253 g/mol. The molecule has 1 aromatic heterocycles. The molecule has 0 aliphatic carbocycles. The van der Waals surface area contributed by atoms with Gasteiger partial charge in [0.1, 0.15) is 5.76 Å². The number of hydrogen-bond acceptors (Lipinski definition) is 3. The van der Waals surface area contributed by atoms with Crippen molar-refractivity contribution in [1.82, 2.24) is 4.90 Å². The van der Waals surface area contributed by atoms with Crippen LogP contribution in [0.25, 0.3) is 0 Å². The van der Waals surface area contributed by atoms with Crippen molar-refractivity contribution in [1.29, 1.82) is 0 Å². The average Bonchev–Trinajstić information content (AvgIpc) is 2.84. The van der Waals surface area contributed by atoms with Crippen molar-refractivity contribution in [3.05, 3.63) is 24.2 Å². The minimum Gasteiger partial charge on any atom is -0.467 e. The summed E-state index contributed by atoms with van der Waals surface area (Å²) in [5.41, 5.74) is 0. The second-order valence-electron chi connectivity index (χ2n) is 4.83. The molecule has 4 heteroatoms. The Morgan fingerprint density at radius 3 is 2.67 bits per heavy atom. The summed E-state index contributed by atoms with van der Waals surface area (Å²) in [5.74, 6) is 1.33. The van der Waals surface area contributed by atoms with Crippen molar-refractivity contribution < 1.29 is 13.9 Å². The number of carbonyl (C=O) groups excluding carboxylic acids is 1. The number of amides is 1. The van der Waals surface area contributed by atoms with Crippen LogP contribution in [0.3, 0.4) is 0 Å². The first-order valence-electron chi connectivity index (χ1n) is 6.37. The summed E-state index contributed by atoms with van der Waals surface area (Å²) >= 11 is 0. The predicted molar refractivity (Wildman–Crippen MR) is 70.1 cm³/mol. The number of ether oxygens (including phenoxy) is 1.